The van der Waals surface area contributed by atoms with Gasteiger partial charge in [0.15, 0.2) is 5.78 Å². The van der Waals surface area contributed by atoms with E-state index in [0.29, 0.717) is 12.8 Å². The van der Waals surface area contributed by atoms with Gasteiger partial charge in [0.25, 0.3) is 0 Å². The van der Waals surface area contributed by atoms with E-state index in [1.54, 1.807) is 20.8 Å². The molecule has 0 heterocycles. The van der Waals surface area contributed by atoms with Gasteiger partial charge in [0.05, 0.1) is 12.6 Å². The monoisotopic (exact) mass is 397 g/mol. The Morgan fingerprint density at radius 2 is 1.43 bits per heavy atom. The van der Waals surface area contributed by atoms with Crippen molar-refractivity contribution in [2.24, 2.45) is 11.8 Å². The summed E-state index contributed by atoms with van der Waals surface area (Å²) < 4.78 is 0. The lowest BCUT2D eigenvalue weighted by Crippen LogP contribution is -2.45. The van der Waals surface area contributed by atoms with Gasteiger partial charge in [-0.05, 0) is 13.3 Å². The van der Waals surface area contributed by atoms with E-state index in [2.05, 4.69) is 10.6 Å². The second-order valence-electron chi connectivity index (χ2n) is 7.67. The summed E-state index contributed by atoms with van der Waals surface area (Å²) in [6.45, 7) is 8.81. The maximum Gasteiger partial charge on any atom is 0.240 e. The second-order valence-corrected chi connectivity index (χ2v) is 7.67. The Kier molecular flexibility index (Phi) is 12.0. The van der Waals surface area contributed by atoms with Crippen molar-refractivity contribution in [1.82, 2.24) is 15.5 Å². The average Bonchev–Trinajstić information content (AvgIpc) is 2.60. The molecule has 0 aromatic heterocycles. The van der Waals surface area contributed by atoms with Gasteiger partial charge >= 0.3 is 0 Å². The Morgan fingerprint density at radius 3 is 1.96 bits per heavy atom. The number of likely N-dealkylation sites (N-methyl/N-ethyl adjacent to an activating group) is 1. The quantitative estimate of drug-likeness (QED) is 0.483. The van der Waals surface area contributed by atoms with E-state index in [-0.39, 0.29) is 61.1 Å². The topological polar surface area (TPSA) is 113 Å². The summed E-state index contributed by atoms with van der Waals surface area (Å²) in [5.41, 5.74) is 0. The second kappa shape index (κ2) is 13.0. The molecule has 3 amide bonds. The van der Waals surface area contributed by atoms with E-state index in [4.69, 9.17) is 0 Å². The number of hydrogen-bond acceptors (Lipinski definition) is 5. The number of hydrogen-bond donors (Lipinski definition) is 2. The third kappa shape index (κ3) is 10.8. The van der Waals surface area contributed by atoms with Crippen molar-refractivity contribution in [2.75, 3.05) is 20.1 Å². The van der Waals surface area contributed by atoms with Crippen molar-refractivity contribution < 1.29 is 24.0 Å². The average molecular weight is 398 g/mol. The van der Waals surface area contributed by atoms with Crippen LogP contribution in [0.5, 0.6) is 0 Å². The highest BCUT2D eigenvalue weighted by Gasteiger charge is 2.20. The Bertz CT molecular complexity index is 572. The molecule has 0 rings (SSSR count). The standard InChI is InChI=1S/C20H35N3O5/c1-13(2)16(24)8-7-9-17(25)21-11-10-19(27)23(6)12-18(26)22-15(5)20(28)14(3)4/h13-15H,7-12H2,1-6H3,(H,21,25)(H,22,26). The lowest BCUT2D eigenvalue weighted by atomic mass is 10.0. The number of rotatable bonds is 13. The number of carbonyl (C=O) groups excluding carboxylic acids is 5. The molecule has 1 unspecified atom stereocenters. The first-order chi connectivity index (χ1) is 13.0. The van der Waals surface area contributed by atoms with Crippen LogP contribution in [0.25, 0.3) is 0 Å². The Labute approximate surface area is 167 Å². The van der Waals surface area contributed by atoms with Gasteiger partial charge in [-0.2, -0.15) is 0 Å². The van der Waals surface area contributed by atoms with E-state index in [9.17, 15) is 24.0 Å². The van der Waals surface area contributed by atoms with E-state index in [0.717, 1.165) is 0 Å². The molecule has 0 aliphatic rings. The van der Waals surface area contributed by atoms with E-state index in [1.165, 1.54) is 11.9 Å². The fraction of sp³-hybridized carbons (Fsp3) is 0.750. The van der Waals surface area contributed by atoms with Crippen molar-refractivity contribution in [3.8, 4) is 0 Å². The van der Waals surface area contributed by atoms with Gasteiger partial charge in [0, 0.05) is 44.7 Å². The van der Waals surface area contributed by atoms with Gasteiger partial charge in [-0.25, -0.2) is 0 Å². The zero-order chi connectivity index (χ0) is 21.9. The van der Waals surface area contributed by atoms with E-state index >= 15 is 0 Å². The molecule has 28 heavy (non-hydrogen) atoms. The number of nitrogens with one attached hydrogen (secondary N) is 2. The molecular weight excluding hydrogens is 362 g/mol. The van der Waals surface area contributed by atoms with Gasteiger partial charge in [0.1, 0.15) is 5.78 Å². The molecule has 0 aromatic rings. The molecule has 8 nitrogen and oxygen atoms in total. The lowest BCUT2D eigenvalue weighted by Gasteiger charge is -2.19. The number of ketones is 2. The number of amides is 3. The molecular formula is C20H35N3O5. The highest BCUT2D eigenvalue weighted by molar-refractivity contribution is 5.91. The highest BCUT2D eigenvalue weighted by Crippen LogP contribution is 2.04. The number of nitrogens with zero attached hydrogens (tertiary/aromatic N) is 1. The fourth-order valence-electron chi connectivity index (χ4n) is 2.46. The zero-order valence-electron chi connectivity index (χ0n) is 18.0. The predicted molar refractivity (Wildman–Crippen MR) is 106 cm³/mol. The highest BCUT2D eigenvalue weighted by atomic mass is 16.2. The first kappa shape index (κ1) is 25.8. The third-order valence-electron chi connectivity index (χ3n) is 4.31. The van der Waals surface area contributed by atoms with Crippen LogP contribution in [-0.2, 0) is 24.0 Å². The maximum atomic E-state index is 12.0. The zero-order valence-corrected chi connectivity index (χ0v) is 18.0. The molecule has 0 aliphatic heterocycles. The Morgan fingerprint density at radius 1 is 0.821 bits per heavy atom. The third-order valence-corrected chi connectivity index (χ3v) is 4.31. The summed E-state index contributed by atoms with van der Waals surface area (Å²) in [6, 6.07) is -0.599. The molecule has 0 saturated heterocycles. The fourth-order valence-corrected chi connectivity index (χ4v) is 2.46. The van der Waals surface area contributed by atoms with Crippen molar-refractivity contribution in [1.29, 1.82) is 0 Å². The maximum absolute atomic E-state index is 12.0. The predicted octanol–water partition coefficient (Wildman–Crippen LogP) is 1.08. The minimum Gasteiger partial charge on any atom is -0.356 e. The van der Waals surface area contributed by atoms with Gasteiger partial charge in [0.2, 0.25) is 17.7 Å². The van der Waals surface area contributed by atoms with Crippen LogP contribution in [-0.4, -0.2) is 60.4 Å². The molecule has 0 aliphatic carbocycles. The SMILES string of the molecule is CC(C)C(=O)CCCC(=O)NCCC(=O)N(C)CC(=O)NC(C)C(=O)C(C)C. The summed E-state index contributed by atoms with van der Waals surface area (Å²) in [7, 11) is 1.50. The normalized spacial score (nSPS) is 11.9. The molecule has 0 saturated carbocycles. The van der Waals surface area contributed by atoms with E-state index < -0.39 is 11.9 Å². The number of Topliss-reactive ketones (excluding diaryl/α,β-unsaturated/α-hetero) is 2. The largest absolute Gasteiger partial charge is 0.356 e. The van der Waals surface area contributed by atoms with Crippen molar-refractivity contribution in [2.45, 2.75) is 66.3 Å². The van der Waals surface area contributed by atoms with Crippen LogP contribution >= 0.6 is 0 Å². The van der Waals surface area contributed by atoms with Crippen LogP contribution in [0.3, 0.4) is 0 Å². The van der Waals surface area contributed by atoms with Gasteiger partial charge in [-0.3, -0.25) is 24.0 Å². The van der Waals surface area contributed by atoms with Crippen LogP contribution < -0.4 is 10.6 Å². The van der Waals surface area contributed by atoms with Gasteiger partial charge < -0.3 is 15.5 Å². The van der Waals surface area contributed by atoms with Crippen LogP contribution in [0.2, 0.25) is 0 Å². The minimum atomic E-state index is -0.599. The molecule has 2 N–H and O–H groups in total. The summed E-state index contributed by atoms with van der Waals surface area (Å²) in [4.78, 5) is 60.3. The molecule has 0 fully saturated rings. The minimum absolute atomic E-state index is 0.0279. The summed E-state index contributed by atoms with van der Waals surface area (Å²) in [5, 5.41) is 5.22. The molecule has 0 spiro atoms. The van der Waals surface area contributed by atoms with E-state index in [1.807, 2.05) is 13.8 Å². The summed E-state index contributed by atoms with van der Waals surface area (Å²) in [5.74, 6) is -1.04. The van der Waals surface area contributed by atoms with Gasteiger partial charge in [-0.1, -0.05) is 27.7 Å². The van der Waals surface area contributed by atoms with Crippen molar-refractivity contribution >= 4 is 29.3 Å². The van der Waals surface area contributed by atoms with Gasteiger partial charge in [-0.15, -0.1) is 0 Å². The molecule has 160 valence electrons. The molecule has 0 bridgehead atoms. The lowest BCUT2D eigenvalue weighted by molar-refractivity contribution is -0.135. The Hall–Kier alpha value is -2.25. The van der Waals surface area contributed by atoms with Crippen LogP contribution in [0.15, 0.2) is 0 Å². The Balaban J connectivity index is 4.08. The van der Waals surface area contributed by atoms with Crippen LogP contribution in [0, 0.1) is 11.8 Å². The molecule has 1 atom stereocenters. The first-order valence-electron chi connectivity index (χ1n) is 9.82. The number of carbonyl (C=O) groups is 5. The molecule has 0 radical (unpaired) electrons. The summed E-state index contributed by atoms with van der Waals surface area (Å²) in [6.07, 6.45) is 1.18. The molecule has 0 aromatic carbocycles. The summed E-state index contributed by atoms with van der Waals surface area (Å²) >= 11 is 0. The molecule has 8 heteroatoms. The van der Waals surface area contributed by atoms with Crippen LogP contribution in [0.1, 0.15) is 60.3 Å². The van der Waals surface area contributed by atoms with Crippen molar-refractivity contribution in [3.05, 3.63) is 0 Å². The smallest absolute Gasteiger partial charge is 0.240 e. The first-order valence-corrected chi connectivity index (χ1v) is 9.82. The van der Waals surface area contributed by atoms with Crippen LogP contribution in [0.4, 0.5) is 0 Å². The van der Waals surface area contributed by atoms with Crippen molar-refractivity contribution in [3.63, 3.8) is 0 Å².